The molecule has 2 rings (SSSR count). The SMILES string of the molecule is Cc1ncc(C(=O)c2cccc(Br)c2F)s1. The van der Waals surface area contributed by atoms with Crippen molar-refractivity contribution >= 4 is 33.0 Å². The zero-order valence-corrected chi connectivity index (χ0v) is 10.7. The van der Waals surface area contributed by atoms with Crippen LogP contribution in [0.1, 0.15) is 20.2 Å². The molecule has 2 aromatic rings. The quantitative estimate of drug-likeness (QED) is 0.793. The van der Waals surface area contributed by atoms with Gasteiger partial charge < -0.3 is 0 Å². The van der Waals surface area contributed by atoms with Crippen LogP contribution in [-0.2, 0) is 0 Å². The van der Waals surface area contributed by atoms with Gasteiger partial charge in [0.1, 0.15) is 5.82 Å². The normalized spacial score (nSPS) is 10.4. The number of nitrogens with zero attached hydrogens (tertiary/aromatic N) is 1. The van der Waals surface area contributed by atoms with E-state index < -0.39 is 5.82 Å². The zero-order chi connectivity index (χ0) is 11.7. The lowest BCUT2D eigenvalue weighted by Gasteiger charge is -2.01. The Morgan fingerprint density at radius 3 is 2.88 bits per heavy atom. The molecule has 0 fully saturated rings. The summed E-state index contributed by atoms with van der Waals surface area (Å²) in [5, 5.41) is 0.791. The van der Waals surface area contributed by atoms with Crippen LogP contribution in [0.2, 0.25) is 0 Å². The van der Waals surface area contributed by atoms with Gasteiger partial charge in [0.05, 0.1) is 19.9 Å². The Balaban J connectivity index is 2.45. The molecule has 0 aliphatic heterocycles. The average molecular weight is 300 g/mol. The number of hydrogen-bond acceptors (Lipinski definition) is 3. The van der Waals surface area contributed by atoms with Crippen molar-refractivity contribution in [2.75, 3.05) is 0 Å². The third-order valence-corrected chi connectivity index (χ3v) is 3.57. The van der Waals surface area contributed by atoms with E-state index in [2.05, 4.69) is 20.9 Å². The number of aromatic nitrogens is 1. The number of ketones is 1. The topological polar surface area (TPSA) is 30.0 Å². The third-order valence-electron chi connectivity index (χ3n) is 2.04. The highest BCUT2D eigenvalue weighted by molar-refractivity contribution is 9.10. The van der Waals surface area contributed by atoms with Gasteiger partial charge in [-0.2, -0.15) is 0 Å². The number of rotatable bonds is 2. The number of carbonyl (C=O) groups excluding carboxylic acids is 1. The van der Waals surface area contributed by atoms with Gasteiger partial charge in [-0.15, -0.1) is 11.3 Å². The minimum atomic E-state index is -0.529. The first-order chi connectivity index (χ1) is 7.59. The smallest absolute Gasteiger partial charge is 0.207 e. The van der Waals surface area contributed by atoms with Crippen LogP contribution in [0.4, 0.5) is 4.39 Å². The Morgan fingerprint density at radius 2 is 2.25 bits per heavy atom. The van der Waals surface area contributed by atoms with Crippen LogP contribution in [0, 0.1) is 12.7 Å². The molecule has 0 bridgehead atoms. The third kappa shape index (κ3) is 2.05. The van der Waals surface area contributed by atoms with Crippen LogP contribution in [0.3, 0.4) is 0 Å². The first-order valence-corrected chi connectivity index (χ1v) is 6.11. The molecule has 0 saturated heterocycles. The first kappa shape index (κ1) is 11.4. The summed E-state index contributed by atoms with van der Waals surface area (Å²) < 4.78 is 14.0. The maximum atomic E-state index is 13.7. The van der Waals surface area contributed by atoms with Crippen LogP contribution in [0.25, 0.3) is 0 Å². The maximum absolute atomic E-state index is 13.7. The fourth-order valence-electron chi connectivity index (χ4n) is 1.28. The molecule has 0 amide bonds. The summed E-state index contributed by atoms with van der Waals surface area (Å²) in [7, 11) is 0. The van der Waals surface area contributed by atoms with Crippen molar-refractivity contribution in [1.82, 2.24) is 4.98 Å². The highest BCUT2D eigenvalue weighted by Crippen LogP contribution is 2.23. The monoisotopic (exact) mass is 299 g/mol. The van der Waals surface area contributed by atoms with Gasteiger partial charge in [-0.25, -0.2) is 9.37 Å². The van der Waals surface area contributed by atoms with Gasteiger partial charge in [-0.3, -0.25) is 4.79 Å². The minimum Gasteiger partial charge on any atom is -0.288 e. The first-order valence-electron chi connectivity index (χ1n) is 4.50. The Morgan fingerprint density at radius 1 is 1.50 bits per heavy atom. The molecule has 1 heterocycles. The Kier molecular flexibility index (Phi) is 3.16. The van der Waals surface area contributed by atoms with E-state index in [9.17, 15) is 9.18 Å². The van der Waals surface area contributed by atoms with Crippen molar-refractivity contribution in [3.8, 4) is 0 Å². The lowest BCUT2D eigenvalue weighted by Crippen LogP contribution is -2.02. The van der Waals surface area contributed by atoms with Crippen molar-refractivity contribution < 1.29 is 9.18 Å². The molecule has 1 aromatic carbocycles. The molecule has 0 radical (unpaired) electrons. The second-order valence-electron chi connectivity index (χ2n) is 3.17. The van der Waals surface area contributed by atoms with Gasteiger partial charge in [0.2, 0.25) is 5.78 Å². The fourth-order valence-corrected chi connectivity index (χ4v) is 2.38. The Hall–Kier alpha value is -1.07. The number of thiazole rings is 1. The molecule has 0 aliphatic rings. The molecule has 1 aromatic heterocycles. The van der Waals surface area contributed by atoms with E-state index in [0.717, 1.165) is 5.01 Å². The van der Waals surface area contributed by atoms with E-state index in [1.54, 1.807) is 19.1 Å². The fraction of sp³-hybridized carbons (Fsp3) is 0.0909. The Labute approximate surface area is 104 Å². The summed E-state index contributed by atoms with van der Waals surface area (Å²) in [6.45, 7) is 1.80. The standard InChI is InChI=1S/C11H7BrFNOS/c1-6-14-5-9(16-6)11(15)7-3-2-4-8(12)10(7)13/h2-5H,1H3. The van der Waals surface area contributed by atoms with E-state index in [1.807, 2.05) is 0 Å². The number of aryl methyl sites for hydroxylation is 1. The van der Waals surface area contributed by atoms with Gasteiger partial charge >= 0.3 is 0 Å². The molecular weight excluding hydrogens is 293 g/mol. The summed E-state index contributed by atoms with van der Waals surface area (Å²) >= 11 is 4.32. The maximum Gasteiger partial charge on any atom is 0.207 e. The predicted molar refractivity (Wildman–Crippen MR) is 64.4 cm³/mol. The van der Waals surface area contributed by atoms with Gasteiger partial charge in [0, 0.05) is 6.20 Å². The molecule has 0 N–H and O–H groups in total. The second-order valence-corrected chi connectivity index (χ2v) is 5.26. The summed E-state index contributed by atoms with van der Waals surface area (Å²) in [6.07, 6.45) is 1.47. The van der Waals surface area contributed by atoms with Gasteiger partial charge in [-0.05, 0) is 35.0 Å². The minimum absolute atomic E-state index is 0.0676. The van der Waals surface area contributed by atoms with E-state index >= 15 is 0 Å². The molecule has 0 saturated carbocycles. The van der Waals surface area contributed by atoms with Crippen LogP contribution in [-0.4, -0.2) is 10.8 Å². The highest BCUT2D eigenvalue weighted by Gasteiger charge is 2.17. The predicted octanol–water partition coefficient (Wildman–Crippen LogP) is 3.58. The van der Waals surface area contributed by atoms with Crippen molar-refractivity contribution in [3.05, 3.63) is 50.1 Å². The molecule has 16 heavy (non-hydrogen) atoms. The molecule has 0 aliphatic carbocycles. The van der Waals surface area contributed by atoms with Crippen molar-refractivity contribution in [1.29, 1.82) is 0 Å². The molecule has 82 valence electrons. The van der Waals surface area contributed by atoms with Crippen molar-refractivity contribution in [2.45, 2.75) is 6.92 Å². The average Bonchev–Trinajstić information content (AvgIpc) is 2.68. The highest BCUT2D eigenvalue weighted by atomic mass is 79.9. The van der Waals surface area contributed by atoms with E-state index in [1.165, 1.54) is 23.6 Å². The van der Waals surface area contributed by atoms with Gasteiger partial charge in [0.25, 0.3) is 0 Å². The zero-order valence-electron chi connectivity index (χ0n) is 8.33. The lowest BCUT2D eigenvalue weighted by atomic mass is 10.1. The molecule has 2 nitrogen and oxygen atoms in total. The van der Waals surface area contributed by atoms with Crippen LogP contribution in [0.5, 0.6) is 0 Å². The van der Waals surface area contributed by atoms with Crippen LogP contribution in [0.15, 0.2) is 28.9 Å². The molecular formula is C11H7BrFNOS. The largest absolute Gasteiger partial charge is 0.288 e. The van der Waals surface area contributed by atoms with Gasteiger partial charge in [-0.1, -0.05) is 6.07 Å². The molecule has 0 atom stereocenters. The molecule has 5 heteroatoms. The van der Waals surface area contributed by atoms with Crippen molar-refractivity contribution in [2.24, 2.45) is 0 Å². The second kappa shape index (κ2) is 4.43. The summed E-state index contributed by atoms with van der Waals surface area (Å²) in [5.41, 5.74) is 0.0676. The van der Waals surface area contributed by atoms with E-state index in [4.69, 9.17) is 0 Å². The Bertz CT molecular complexity index is 553. The van der Waals surface area contributed by atoms with Crippen LogP contribution < -0.4 is 0 Å². The summed E-state index contributed by atoms with van der Waals surface area (Å²) in [6, 6.07) is 4.66. The van der Waals surface area contributed by atoms with E-state index in [0.29, 0.717) is 9.35 Å². The molecule has 0 spiro atoms. The number of halogens is 2. The lowest BCUT2D eigenvalue weighted by molar-refractivity contribution is 0.103. The number of benzene rings is 1. The summed E-state index contributed by atoms with van der Waals surface area (Å²) in [5.74, 6) is -0.858. The number of hydrogen-bond donors (Lipinski definition) is 0. The molecule has 0 unspecified atom stereocenters. The van der Waals surface area contributed by atoms with E-state index in [-0.39, 0.29) is 11.3 Å². The van der Waals surface area contributed by atoms with Crippen LogP contribution >= 0.6 is 27.3 Å². The number of carbonyl (C=O) groups is 1. The summed E-state index contributed by atoms with van der Waals surface area (Å²) in [4.78, 5) is 16.4. The van der Waals surface area contributed by atoms with Gasteiger partial charge in [0.15, 0.2) is 0 Å². The van der Waals surface area contributed by atoms with Crippen molar-refractivity contribution in [3.63, 3.8) is 0 Å².